The van der Waals surface area contributed by atoms with Crippen LogP contribution < -0.4 is 10.3 Å². The van der Waals surface area contributed by atoms with Gasteiger partial charge in [0.05, 0.1) is 17.2 Å². The molecule has 2 aromatic heterocycles. The molecule has 2 heterocycles. The first kappa shape index (κ1) is 18.5. The number of nitrogens with zero attached hydrogens (tertiary/aromatic N) is 3. The van der Waals surface area contributed by atoms with Crippen LogP contribution in [0, 0.1) is 5.82 Å². The molecule has 0 radical (unpaired) electrons. The molecule has 28 heavy (non-hydrogen) atoms. The average Bonchev–Trinajstić information content (AvgIpc) is 3.07. The second-order valence-electron chi connectivity index (χ2n) is 5.75. The number of thioether (sulfide) groups is 1. The fraction of sp³-hybridized carbons (Fsp3) is 0.105. The maximum Gasteiger partial charge on any atom is 0.266 e. The first-order valence-electron chi connectivity index (χ1n) is 8.36. The molecule has 0 spiro atoms. The maximum atomic E-state index is 14.1. The van der Waals surface area contributed by atoms with E-state index in [4.69, 9.17) is 16.3 Å². The lowest BCUT2D eigenvalue weighted by Crippen LogP contribution is -2.07. The summed E-state index contributed by atoms with van der Waals surface area (Å²) in [7, 11) is 0. The van der Waals surface area contributed by atoms with Gasteiger partial charge in [-0.15, -0.1) is 0 Å². The van der Waals surface area contributed by atoms with E-state index in [1.165, 1.54) is 28.4 Å². The van der Waals surface area contributed by atoms with E-state index in [0.29, 0.717) is 33.9 Å². The van der Waals surface area contributed by atoms with Gasteiger partial charge in [-0.25, -0.2) is 18.9 Å². The molecule has 0 bridgehead atoms. The molecule has 2 aromatic carbocycles. The number of hydrogen-bond donors (Lipinski definition) is 1. The SMILES string of the molecule is O=c1cc2nc(-c3ccccc3F)nc(SCCOc3ccccc3Cl)n2[nH]1. The normalized spacial score (nSPS) is 11.1. The van der Waals surface area contributed by atoms with Crippen molar-refractivity contribution in [3.05, 3.63) is 75.8 Å². The molecule has 0 saturated carbocycles. The Morgan fingerprint density at radius 1 is 1.14 bits per heavy atom. The van der Waals surface area contributed by atoms with Gasteiger partial charge in [-0.1, -0.05) is 47.6 Å². The van der Waals surface area contributed by atoms with Crippen LogP contribution in [0.4, 0.5) is 4.39 Å². The predicted octanol–water partition coefficient (Wildman–Crippen LogP) is 4.05. The van der Waals surface area contributed by atoms with Crippen molar-refractivity contribution in [3.63, 3.8) is 0 Å². The molecule has 4 rings (SSSR count). The lowest BCUT2D eigenvalue weighted by molar-refractivity contribution is 0.344. The third-order valence-electron chi connectivity index (χ3n) is 3.85. The Bertz CT molecular complexity index is 1190. The standard InChI is InChI=1S/C19H14ClFN4O2S/c20-13-6-2-4-8-15(13)27-9-10-28-19-23-18(12-5-1-3-7-14(12)21)22-16-11-17(26)24-25(16)19/h1-8,11H,9-10H2,(H,24,26). The highest BCUT2D eigenvalue weighted by Crippen LogP contribution is 2.25. The topological polar surface area (TPSA) is 72.3 Å². The van der Waals surface area contributed by atoms with E-state index < -0.39 is 5.82 Å². The van der Waals surface area contributed by atoms with Crippen molar-refractivity contribution in [1.29, 1.82) is 0 Å². The second-order valence-corrected chi connectivity index (χ2v) is 7.22. The van der Waals surface area contributed by atoms with Gasteiger partial charge >= 0.3 is 0 Å². The van der Waals surface area contributed by atoms with Crippen molar-refractivity contribution in [2.24, 2.45) is 0 Å². The predicted molar refractivity (Wildman–Crippen MR) is 107 cm³/mol. The van der Waals surface area contributed by atoms with Crippen LogP contribution in [0.1, 0.15) is 0 Å². The van der Waals surface area contributed by atoms with Crippen LogP contribution in [0.2, 0.25) is 5.02 Å². The van der Waals surface area contributed by atoms with Crippen molar-refractivity contribution >= 4 is 29.0 Å². The van der Waals surface area contributed by atoms with Gasteiger partial charge in [0.1, 0.15) is 11.6 Å². The summed E-state index contributed by atoms with van der Waals surface area (Å²) in [6.45, 7) is 0.375. The number of fused-ring (bicyclic) bond motifs is 1. The Kier molecular flexibility index (Phi) is 5.31. The number of para-hydroxylation sites is 1. The van der Waals surface area contributed by atoms with E-state index in [-0.39, 0.29) is 16.9 Å². The lowest BCUT2D eigenvalue weighted by Gasteiger charge is -2.09. The van der Waals surface area contributed by atoms with Crippen molar-refractivity contribution in [3.8, 4) is 17.1 Å². The van der Waals surface area contributed by atoms with Gasteiger partial charge in [-0.05, 0) is 24.3 Å². The van der Waals surface area contributed by atoms with Crippen LogP contribution in [-0.4, -0.2) is 31.9 Å². The summed E-state index contributed by atoms with van der Waals surface area (Å²) < 4.78 is 21.3. The Morgan fingerprint density at radius 2 is 1.93 bits per heavy atom. The van der Waals surface area contributed by atoms with Gasteiger partial charge in [0.25, 0.3) is 5.56 Å². The van der Waals surface area contributed by atoms with Crippen LogP contribution in [0.25, 0.3) is 17.0 Å². The smallest absolute Gasteiger partial charge is 0.266 e. The molecule has 0 amide bonds. The van der Waals surface area contributed by atoms with Crippen LogP contribution in [0.3, 0.4) is 0 Å². The number of halogens is 2. The van der Waals surface area contributed by atoms with Crippen molar-refractivity contribution in [2.45, 2.75) is 5.16 Å². The summed E-state index contributed by atoms with van der Waals surface area (Å²) in [5.41, 5.74) is 0.328. The minimum atomic E-state index is -0.428. The number of H-pyrrole nitrogens is 1. The Balaban J connectivity index is 1.58. The van der Waals surface area contributed by atoms with Gasteiger partial charge in [-0.3, -0.25) is 9.89 Å². The van der Waals surface area contributed by atoms with Crippen molar-refractivity contribution in [2.75, 3.05) is 12.4 Å². The van der Waals surface area contributed by atoms with Crippen molar-refractivity contribution < 1.29 is 9.13 Å². The first-order valence-corrected chi connectivity index (χ1v) is 9.73. The van der Waals surface area contributed by atoms with Gasteiger partial charge in [0.15, 0.2) is 16.6 Å². The van der Waals surface area contributed by atoms with E-state index in [1.54, 1.807) is 30.3 Å². The summed E-state index contributed by atoms with van der Waals surface area (Å²) in [5, 5.41) is 3.66. The Morgan fingerprint density at radius 3 is 2.75 bits per heavy atom. The minimum Gasteiger partial charge on any atom is -0.491 e. The van der Waals surface area contributed by atoms with E-state index in [2.05, 4.69) is 15.1 Å². The molecule has 9 heteroatoms. The summed E-state index contributed by atoms with van der Waals surface area (Å²) in [5.74, 6) is 0.919. The zero-order valence-electron chi connectivity index (χ0n) is 14.4. The molecule has 1 N–H and O–H groups in total. The Hall–Kier alpha value is -2.84. The molecule has 0 aliphatic carbocycles. The third-order valence-corrected chi connectivity index (χ3v) is 5.06. The largest absolute Gasteiger partial charge is 0.491 e. The van der Waals surface area contributed by atoms with E-state index >= 15 is 0 Å². The number of aromatic nitrogens is 4. The molecule has 4 aromatic rings. The minimum absolute atomic E-state index is 0.214. The van der Waals surface area contributed by atoms with Gasteiger partial charge in [0, 0.05) is 11.8 Å². The molecule has 0 unspecified atom stereocenters. The molecule has 0 saturated heterocycles. The first-order chi connectivity index (χ1) is 13.6. The molecule has 0 fully saturated rings. The van der Waals surface area contributed by atoms with E-state index in [9.17, 15) is 9.18 Å². The summed E-state index contributed by atoms with van der Waals surface area (Å²) in [6, 6.07) is 14.8. The van der Waals surface area contributed by atoms with Crippen molar-refractivity contribution in [1.82, 2.24) is 19.6 Å². The Labute approximate surface area is 168 Å². The van der Waals surface area contributed by atoms with Crippen LogP contribution >= 0.6 is 23.4 Å². The summed E-state index contributed by atoms with van der Waals surface area (Å²) in [4.78, 5) is 20.5. The van der Waals surface area contributed by atoms with Gasteiger partial charge in [0.2, 0.25) is 0 Å². The highest BCUT2D eigenvalue weighted by atomic mass is 35.5. The highest BCUT2D eigenvalue weighted by Gasteiger charge is 2.14. The highest BCUT2D eigenvalue weighted by molar-refractivity contribution is 7.99. The summed E-state index contributed by atoms with van der Waals surface area (Å²) >= 11 is 7.43. The molecule has 142 valence electrons. The molecular weight excluding hydrogens is 403 g/mol. The zero-order chi connectivity index (χ0) is 19.5. The number of rotatable bonds is 6. The maximum absolute atomic E-state index is 14.1. The average molecular weight is 417 g/mol. The lowest BCUT2D eigenvalue weighted by atomic mass is 10.2. The zero-order valence-corrected chi connectivity index (χ0v) is 16.0. The number of aromatic amines is 1. The second kappa shape index (κ2) is 8.04. The van der Waals surface area contributed by atoms with E-state index in [0.717, 1.165) is 0 Å². The quantitative estimate of drug-likeness (QED) is 0.379. The van der Waals surface area contributed by atoms with Crippen LogP contribution in [-0.2, 0) is 0 Å². The van der Waals surface area contributed by atoms with E-state index in [1.807, 2.05) is 12.1 Å². The fourth-order valence-corrected chi connectivity index (χ4v) is 3.55. The number of benzene rings is 2. The number of nitrogens with one attached hydrogen (secondary N) is 1. The van der Waals surface area contributed by atoms with Crippen LogP contribution in [0.15, 0.2) is 64.5 Å². The molecule has 0 atom stereocenters. The number of hydrogen-bond acceptors (Lipinski definition) is 5. The van der Waals surface area contributed by atoms with Gasteiger partial charge in [-0.2, -0.15) is 0 Å². The third kappa shape index (κ3) is 3.88. The monoisotopic (exact) mass is 416 g/mol. The summed E-state index contributed by atoms with van der Waals surface area (Å²) in [6.07, 6.45) is 0. The fourth-order valence-electron chi connectivity index (χ4n) is 2.59. The van der Waals surface area contributed by atoms with Gasteiger partial charge < -0.3 is 4.74 Å². The van der Waals surface area contributed by atoms with Crippen LogP contribution in [0.5, 0.6) is 5.75 Å². The molecule has 6 nitrogen and oxygen atoms in total. The molecular formula is C19H14ClFN4O2S. The molecule has 0 aliphatic heterocycles. The number of ether oxygens (including phenoxy) is 1. The molecule has 0 aliphatic rings.